The molecule has 0 aliphatic rings. The van der Waals surface area contributed by atoms with E-state index in [9.17, 15) is 4.79 Å². The summed E-state index contributed by atoms with van der Waals surface area (Å²) in [5.74, 6) is 0. The summed E-state index contributed by atoms with van der Waals surface area (Å²) in [7, 11) is 0. The Hall–Kier alpha value is -2.55. The van der Waals surface area contributed by atoms with E-state index in [1.807, 2.05) is 0 Å². The third-order valence-corrected chi connectivity index (χ3v) is 2.55. The fourth-order valence-electron chi connectivity index (χ4n) is 1.72. The molecule has 0 spiro atoms. The summed E-state index contributed by atoms with van der Waals surface area (Å²) < 4.78 is 6.95. The van der Waals surface area contributed by atoms with Gasteiger partial charge in [-0.2, -0.15) is 5.26 Å². The van der Waals surface area contributed by atoms with Crippen LogP contribution in [0.15, 0.2) is 24.7 Å². The molecule has 20 heavy (non-hydrogen) atoms. The molecule has 104 valence electrons. The molecular formula is C14H16N4O2. The average molecular weight is 272 g/mol. The molecule has 6 heteroatoms. The monoisotopic (exact) mass is 272 g/mol. The van der Waals surface area contributed by atoms with Crippen molar-refractivity contribution in [2.75, 3.05) is 0 Å². The minimum atomic E-state index is -0.533. The van der Waals surface area contributed by atoms with Gasteiger partial charge in [-0.3, -0.25) is 0 Å². The van der Waals surface area contributed by atoms with Gasteiger partial charge in [0, 0.05) is 6.20 Å². The Bertz CT molecular complexity index is 677. The van der Waals surface area contributed by atoms with Crippen molar-refractivity contribution in [1.29, 1.82) is 5.26 Å². The molecule has 0 saturated heterocycles. The van der Waals surface area contributed by atoms with E-state index in [1.165, 1.54) is 0 Å². The lowest BCUT2D eigenvalue weighted by molar-refractivity contribution is 0.0523. The van der Waals surface area contributed by atoms with E-state index in [4.69, 9.17) is 10.00 Å². The van der Waals surface area contributed by atoms with Gasteiger partial charge in [0.25, 0.3) is 0 Å². The number of amides is 1. The number of imidazole rings is 1. The van der Waals surface area contributed by atoms with Gasteiger partial charge in [-0.15, -0.1) is 0 Å². The summed E-state index contributed by atoms with van der Waals surface area (Å²) in [6.07, 6.45) is 2.91. The highest BCUT2D eigenvalue weighted by molar-refractivity contribution is 5.68. The third kappa shape index (κ3) is 3.26. The normalized spacial score (nSPS) is 11.1. The molecule has 2 aromatic heterocycles. The first kappa shape index (κ1) is 13.9. The molecule has 6 nitrogen and oxygen atoms in total. The molecule has 0 aliphatic heterocycles. The van der Waals surface area contributed by atoms with Crippen molar-refractivity contribution in [3.63, 3.8) is 0 Å². The number of aromatic nitrogens is 2. The predicted molar refractivity (Wildman–Crippen MR) is 73.0 cm³/mol. The number of fused-ring (bicyclic) bond motifs is 1. The van der Waals surface area contributed by atoms with Gasteiger partial charge in [-0.25, -0.2) is 9.78 Å². The maximum atomic E-state index is 11.6. The van der Waals surface area contributed by atoms with E-state index in [2.05, 4.69) is 16.4 Å². The largest absolute Gasteiger partial charge is 0.444 e. The number of nitrogens with one attached hydrogen (secondary N) is 1. The number of nitriles is 1. The van der Waals surface area contributed by atoms with E-state index in [1.54, 1.807) is 49.8 Å². The van der Waals surface area contributed by atoms with Gasteiger partial charge in [-0.1, -0.05) is 0 Å². The number of carbonyl (C=O) groups is 1. The maximum Gasteiger partial charge on any atom is 0.407 e. The van der Waals surface area contributed by atoms with Gasteiger partial charge in [-0.05, 0) is 32.9 Å². The molecule has 1 N–H and O–H groups in total. The fraction of sp³-hybridized carbons (Fsp3) is 0.357. The fourth-order valence-corrected chi connectivity index (χ4v) is 1.72. The first-order valence-electron chi connectivity index (χ1n) is 6.21. The van der Waals surface area contributed by atoms with Crippen LogP contribution in [0.3, 0.4) is 0 Å². The lowest BCUT2D eigenvalue weighted by Crippen LogP contribution is -2.32. The van der Waals surface area contributed by atoms with Crippen molar-refractivity contribution < 1.29 is 9.53 Å². The lowest BCUT2D eigenvalue weighted by Gasteiger charge is -2.19. The molecule has 2 heterocycles. The van der Waals surface area contributed by atoms with Crippen LogP contribution in [-0.4, -0.2) is 21.1 Å². The number of nitrogens with zero attached hydrogens (tertiary/aromatic N) is 3. The average Bonchev–Trinajstić information content (AvgIpc) is 2.76. The molecule has 2 aromatic rings. The van der Waals surface area contributed by atoms with Crippen LogP contribution in [0.1, 0.15) is 32.0 Å². The SMILES string of the molecule is CC(C)(C)OC(=O)NCc1ncn2ccc(C#N)cc12. The number of rotatable bonds is 2. The molecule has 0 fully saturated rings. The zero-order valence-electron chi connectivity index (χ0n) is 11.7. The molecule has 1 amide bonds. The summed E-state index contributed by atoms with van der Waals surface area (Å²) in [6.45, 7) is 5.66. The second kappa shape index (κ2) is 5.21. The minimum absolute atomic E-state index is 0.250. The second-order valence-corrected chi connectivity index (χ2v) is 5.37. The maximum absolute atomic E-state index is 11.6. The zero-order valence-corrected chi connectivity index (χ0v) is 11.7. The van der Waals surface area contributed by atoms with Crippen LogP contribution in [0.25, 0.3) is 5.52 Å². The molecular weight excluding hydrogens is 256 g/mol. The van der Waals surface area contributed by atoms with Gasteiger partial charge in [0.2, 0.25) is 0 Å². The number of carbonyl (C=O) groups excluding carboxylic acids is 1. The van der Waals surface area contributed by atoms with Crippen LogP contribution in [0.4, 0.5) is 4.79 Å². The highest BCUT2D eigenvalue weighted by Gasteiger charge is 2.16. The topological polar surface area (TPSA) is 79.4 Å². The molecule has 0 bridgehead atoms. The van der Waals surface area contributed by atoms with E-state index >= 15 is 0 Å². The minimum Gasteiger partial charge on any atom is -0.444 e. The Kier molecular flexibility index (Phi) is 3.61. The zero-order chi connectivity index (χ0) is 14.8. The highest BCUT2D eigenvalue weighted by Crippen LogP contribution is 2.12. The van der Waals surface area contributed by atoms with Crippen LogP contribution in [0.5, 0.6) is 0 Å². The van der Waals surface area contributed by atoms with Crippen molar-refractivity contribution in [3.8, 4) is 6.07 Å². The number of alkyl carbamates (subject to hydrolysis) is 1. The summed E-state index contributed by atoms with van der Waals surface area (Å²) in [6, 6.07) is 5.52. The van der Waals surface area contributed by atoms with Crippen LogP contribution in [0, 0.1) is 11.3 Å². The summed E-state index contributed by atoms with van der Waals surface area (Å²) in [4.78, 5) is 15.8. The third-order valence-electron chi connectivity index (χ3n) is 2.55. The Balaban J connectivity index is 2.11. The van der Waals surface area contributed by atoms with Crippen molar-refractivity contribution in [1.82, 2.24) is 14.7 Å². The van der Waals surface area contributed by atoms with Gasteiger partial charge >= 0.3 is 6.09 Å². The van der Waals surface area contributed by atoms with E-state index in [0.717, 1.165) is 5.52 Å². The Labute approximate surface area is 117 Å². The number of ether oxygens (including phenoxy) is 1. The van der Waals surface area contributed by atoms with Crippen LogP contribution >= 0.6 is 0 Å². The summed E-state index contributed by atoms with van der Waals surface area (Å²) in [5, 5.41) is 11.6. The van der Waals surface area contributed by atoms with Crippen molar-refractivity contribution in [3.05, 3.63) is 35.9 Å². The Morgan fingerprint density at radius 2 is 2.30 bits per heavy atom. The molecule has 0 saturated carbocycles. The number of pyridine rings is 1. The van der Waals surface area contributed by atoms with E-state index in [0.29, 0.717) is 11.3 Å². The standard InChI is InChI=1S/C14H16N4O2/c1-14(2,3)20-13(19)16-8-11-12-6-10(7-15)4-5-18(12)9-17-11/h4-6,9H,8H2,1-3H3,(H,16,19). The van der Waals surface area contributed by atoms with Gasteiger partial charge < -0.3 is 14.5 Å². The molecule has 0 radical (unpaired) electrons. The van der Waals surface area contributed by atoms with Gasteiger partial charge in [0.1, 0.15) is 5.60 Å². The van der Waals surface area contributed by atoms with Gasteiger partial charge in [0.15, 0.2) is 0 Å². The Morgan fingerprint density at radius 1 is 1.55 bits per heavy atom. The molecule has 0 atom stereocenters. The first-order valence-corrected chi connectivity index (χ1v) is 6.21. The predicted octanol–water partition coefficient (Wildman–Crippen LogP) is 2.23. The number of hydrogen-bond acceptors (Lipinski definition) is 4. The summed E-state index contributed by atoms with van der Waals surface area (Å²) >= 11 is 0. The smallest absolute Gasteiger partial charge is 0.407 e. The van der Waals surface area contributed by atoms with E-state index < -0.39 is 11.7 Å². The van der Waals surface area contributed by atoms with Crippen LogP contribution < -0.4 is 5.32 Å². The Morgan fingerprint density at radius 3 is 2.95 bits per heavy atom. The van der Waals surface area contributed by atoms with Crippen molar-refractivity contribution in [2.24, 2.45) is 0 Å². The van der Waals surface area contributed by atoms with Crippen molar-refractivity contribution >= 4 is 11.6 Å². The van der Waals surface area contributed by atoms with E-state index in [-0.39, 0.29) is 6.54 Å². The highest BCUT2D eigenvalue weighted by atomic mass is 16.6. The number of hydrogen-bond donors (Lipinski definition) is 1. The molecule has 0 unspecified atom stereocenters. The molecule has 0 aliphatic carbocycles. The second-order valence-electron chi connectivity index (χ2n) is 5.37. The van der Waals surface area contributed by atoms with Gasteiger partial charge in [0.05, 0.1) is 35.7 Å². The quantitative estimate of drug-likeness (QED) is 0.909. The molecule has 0 aromatic carbocycles. The first-order chi connectivity index (χ1) is 9.39. The summed E-state index contributed by atoms with van der Waals surface area (Å²) in [5.41, 5.74) is 1.50. The van der Waals surface area contributed by atoms with Crippen LogP contribution in [0.2, 0.25) is 0 Å². The van der Waals surface area contributed by atoms with Crippen molar-refractivity contribution in [2.45, 2.75) is 32.9 Å². The van der Waals surface area contributed by atoms with Crippen LogP contribution in [-0.2, 0) is 11.3 Å². The lowest BCUT2D eigenvalue weighted by atomic mass is 10.2. The molecule has 2 rings (SSSR count).